The quantitative estimate of drug-likeness (QED) is 0.924. The first kappa shape index (κ1) is 13.1. The molecule has 0 aliphatic heterocycles. The van der Waals surface area contributed by atoms with Crippen molar-refractivity contribution < 1.29 is 9.53 Å². The van der Waals surface area contributed by atoms with Crippen LogP contribution in [-0.4, -0.2) is 6.09 Å². The number of thiophene rings is 1. The summed E-state index contributed by atoms with van der Waals surface area (Å²) in [4.78, 5) is 12.5. The summed E-state index contributed by atoms with van der Waals surface area (Å²) in [6, 6.07) is 13.5. The first-order valence-corrected chi connectivity index (χ1v) is 7.04. The van der Waals surface area contributed by atoms with Gasteiger partial charge in [-0.2, -0.15) is 0 Å². The van der Waals surface area contributed by atoms with Gasteiger partial charge in [0, 0.05) is 4.88 Å². The molecule has 0 aliphatic rings. The van der Waals surface area contributed by atoms with Crippen LogP contribution in [-0.2, 0) is 17.9 Å². The molecule has 0 saturated heterocycles. The average Bonchev–Trinajstić information content (AvgIpc) is 2.81. The molecule has 1 amide bonds. The minimum absolute atomic E-state index is 0.292. The number of ether oxygens (including phenoxy) is 1. The number of carbonyl (C=O) groups excluding carboxylic acids is 1. The molecule has 1 aromatic heterocycles. The fraction of sp³-hybridized carbons (Fsp3) is 0.154. The van der Waals surface area contributed by atoms with E-state index in [0.29, 0.717) is 13.2 Å². The van der Waals surface area contributed by atoms with Crippen molar-refractivity contribution in [1.82, 2.24) is 5.32 Å². The maximum absolute atomic E-state index is 11.5. The number of nitrogens with one attached hydrogen (secondary N) is 1. The zero-order valence-corrected chi connectivity index (χ0v) is 12.0. The number of hydrogen-bond acceptors (Lipinski definition) is 3. The summed E-state index contributed by atoms with van der Waals surface area (Å²) in [5.74, 6) is 0. The number of halogens is 1. The van der Waals surface area contributed by atoms with Crippen molar-refractivity contribution >= 4 is 33.4 Å². The minimum Gasteiger partial charge on any atom is -0.445 e. The summed E-state index contributed by atoms with van der Waals surface area (Å²) in [5, 5.41) is 2.71. The van der Waals surface area contributed by atoms with Gasteiger partial charge in [-0.05, 0) is 33.6 Å². The molecule has 2 aromatic rings. The summed E-state index contributed by atoms with van der Waals surface area (Å²) in [6.07, 6.45) is -0.400. The Balaban J connectivity index is 1.73. The second-order valence-corrected chi connectivity index (χ2v) is 6.17. The molecule has 0 spiro atoms. The van der Waals surface area contributed by atoms with Crippen LogP contribution in [0.5, 0.6) is 0 Å². The number of amides is 1. The number of alkyl carbamates (subject to hydrolysis) is 1. The number of hydrogen-bond donors (Lipinski definition) is 1. The van der Waals surface area contributed by atoms with Crippen molar-refractivity contribution in [2.75, 3.05) is 0 Å². The van der Waals surface area contributed by atoms with E-state index in [-0.39, 0.29) is 0 Å². The van der Waals surface area contributed by atoms with Gasteiger partial charge in [0.2, 0.25) is 0 Å². The van der Waals surface area contributed by atoms with Crippen molar-refractivity contribution in [1.29, 1.82) is 0 Å². The molecule has 5 heteroatoms. The van der Waals surface area contributed by atoms with Gasteiger partial charge in [-0.3, -0.25) is 0 Å². The fourth-order valence-electron chi connectivity index (χ4n) is 1.38. The van der Waals surface area contributed by atoms with E-state index in [1.54, 1.807) is 11.3 Å². The molecule has 0 atom stereocenters. The molecule has 0 radical (unpaired) electrons. The van der Waals surface area contributed by atoms with Crippen LogP contribution in [0, 0.1) is 0 Å². The minimum atomic E-state index is -0.400. The number of carbonyl (C=O) groups is 1. The Morgan fingerprint density at radius 1 is 1.22 bits per heavy atom. The Morgan fingerprint density at radius 3 is 2.67 bits per heavy atom. The molecule has 1 N–H and O–H groups in total. The van der Waals surface area contributed by atoms with E-state index in [4.69, 9.17) is 4.74 Å². The smallest absolute Gasteiger partial charge is 0.407 e. The molecule has 0 saturated carbocycles. The molecular formula is C13H12BrNO2S. The lowest BCUT2D eigenvalue weighted by atomic mass is 10.2. The maximum Gasteiger partial charge on any atom is 0.407 e. The molecule has 0 fully saturated rings. The lowest BCUT2D eigenvalue weighted by Gasteiger charge is -2.05. The first-order chi connectivity index (χ1) is 8.74. The van der Waals surface area contributed by atoms with Crippen LogP contribution in [0.4, 0.5) is 4.79 Å². The molecule has 2 rings (SSSR count). The number of rotatable bonds is 4. The Labute approximate surface area is 118 Å². The average molecular weight is 326 g/mol. The standard InChI is InChI=1S/C13H12BrNO2S/c14-12-7-6-11(18-12)8-15-13(16)17-9-10-4-2-1-3-5-10/h1-7H,8-9H2,(H,15,16). The van der Waals surface area contributed by atoms with E-state index >= 15 is 0 Å². The Kier molecular flexibility index (Phi) is 4.78. The monoisotopic (exact) mass is 325 g/mol. The van der Waals surface area contributed by atoms with Gasteiger partial charge < -0.3 is 10.1 Å². The van der Waals surface area contributed by atoms with Crippen LogP contribution in [0.1, 0.15) is 10.4 Å². The molecule has 0 bridgehead atoms. The molecule has 94 valence electrons. The highest BCUT2D eigenvalue weighted by molar-refractivity contribution is 9.11. The normalized spacial score (nSPS) is 10.1. The molecule has 0 aliphatic carbocycles. The van der Waals surface area contributed by atoms with E-state index in [2.05, 4.69) is 21.2 Å². The first-order valence-electron chi connectivity index (χ1n) is 5.43. The van der Waals surface area contributed by atoms with Crippen molar-refractivity contribution in [3.63, 3.8) is 0 Å². The van der Waals surface area contributed by atoms with E-state index in [0.717, 1.165) is 14.2 Å². The molecular weight excluding hydrogens is 314 g/mol. The van der Waals surface area contributed by atoms with Gasteiger partial charge in [-0.1, -0.05) is 30.3 Å². The van der Waals surface area contributed by atoms with Gasteiger partial charge in [0.05, 0.1) is 10.3 Å². The van der Waals surface area contributed by atoms with Gasteiger partial charge >= 0.3 is 6.09 Å². The van der Waals surface area contributed by atoms with Gasteiger partial charge in [0.25, 0.3) is 0 Å². The Hall–Kier alpha value is -1.33. The highest BCUT2D eigenvalue weighted by Crippen LogP contribution is 2.21. The third-order valence-corrected chi connectivity index (χ3v) is 3.87. The highest BCUT2D eigenvalue weighted by atomic mass is 79.9. The second-order valence-electron chi connectivity index (χ2n) is 3.62. The fourth-order valence-corrected chi connectivity index (χ4v) is 2.80. The van der Waals surface area contributed by atoms with Gasteiger partial charge in [-0.15, -0.1) is 11.3 Å². The van der Waals surface area contributed by atoms with Crippen LogP contribution in [0.25, 0.3) is 0 Å². The van der Waals surface area contributed by atoms with E-state index in [1.807, 2.05) is 42.5 Å². The van der Waals surface area contributed by atoms with Crippen LogP contribution >= 0.6 is 27.3 Å². The van der Waals surface area contributed by atoms with Crippen LogP contribution in [0.2, 0.25) is 0 Å². The zero-order chi connectivity index (χ0) is 12.8. The van der Waals surface area contributed by atoms with Gasteiger partial charge in [0.1, 0.15) is 6.61 Å². The predicted molar refractivity (Wildman–Crippen MR) is 75.5 cm³/mol. The van der Waals surface area contributed by atoms with Crippen LogP contribution < -0.4 is 5.32 Å². The third kappa shape index (κ3) is 4.16. The molecule has 1 aromatic carbocycles. The largest absolute Gasteiger partial charge is 0.445 e. The van der Waals surface area contributed by atoms with E-state index in [9.17, 15) is 4.79 Å². The van der Waals surface area contributed by atoms with Gasteiger partial charge in [-0.25, -0.2) is 4.79 Å². The summed E-state index contributed by atoms with van der Waals surface area (Å²) < 4.78 is 6.15. The van der Waals surface area contributed by atoms with Gasteiger partial charge in [0.15, 0.2) is 0 Å². The van der Waals surface area contributed by atoms with Crippen molar-refractivity contribution in [3.05, 3.63) is 56.7 Å². The zero-order valence-electron chi connectivity index (χ0n) is 9.56. The predicted octanol–water partition coefficient (Wildman–Crippen LogP) is 3.94. The second kappa shape index (κ2) is 6.56. The topological polar surface area (TPSA) is 38.3 Å². The van der Waals surface area contributed by atoms with Crippen LogP contribution in [0.3, 0.4) is 0 Å². The highest BCUT2D eigenvalue weighted by Gasteiger charge is 2.03. The lowest BCUT2D eigenvalue weighted by Crippen LogP contribution is -2.23. The summed E-state index contributed by atoms with van der Waals surface area (Å²) in [7, 11) is 0. The van der Waals surface area contributed by atoms with E-state index < -0.39 is 6.09 Å². The summed E-state index contributed by atoms with van der Waals surface area (Å²) >= 11 is 4.97. The summed E-state index contributed by atoms with van der Waals surface area (Å²) in [5.41, 5.74) is 0.978. The Bertz CT molecular complexity index is 513. The molecule has 0 unspecified atom stereocenters. The molecule has 18 heavy (non-hydrogen) atoms. The number of benzene rings is 1. The molecule has 1 heterocycles. The third-order valence-electron chi connectivity index (χ3n) is 2.25. The van der Waals surface area contributed by atoms with E-state index in [1.165, 1.54) is 0 Å². The van der Waals surface area contributed by atoms with Crippen LogP contribution in [0.15, 0.2) is 46.3 Å². The Morgan fingerprint density at radius 2 is 2.00 bits per heavy atom. The van der Waals surface area contributed by atoms with Crippen molar-refractivity contribution in [2.24, 2.45) is 0 Å². The SMILES string of the molecule is O=C(NCc1ccc(Br)s1)OCc1ccccc1. The molecule has 3 nitrogen and oxygen atoms in total. The van der Waals surface area contributed by atoms with Crippen molar-refractivity contribution in [2.45, 2.75) is 13.2 Å². The van der Waals surface area contributed by atoms with Crippen molar-refractivity contribution in [3.8, 4) is 0 Å². The summed E-state index contributed by atoms with van der Waals surface area (Å²) in [6.45, 7) is 0.782. The maximum atomic E-state index is 11.5. The lowest BCUT2D eigenvalue weighted by molar-refractivity contribution is 0.139.